The van der Waals surface area contributed by atoms with Gasteiger partial charge in [0, 0.05) is 4.88 Å². The van der Waals surface area contributed by atoms with Gasteiger partial charge in [0.2, 0.25) is 5.91 Å². The number of aryl methyl sites for hydroxylation is 1. The van der Waals surface area contributed by atoms with Gasteiger partial charge in [0.25, 0.3) is 5.91 Å². The quantitative estimate of drug-likeness (QED) is 0.372. The average molecular weight is 594 g/mol. The number of rotatable bonds is 9. The van der Waals surface area contributed by atoms with Gasteiger partial charge < -0.3 is 19.4 Å². The Labute approximate surface area is 232 Å². The average Bonchev–Trinajstić information content (AvgIpc) is 3.40. The monoisotopic (exact) mass is 593 g/mol. The van der Waals surface area contributed by atoms with Crippen LogP contribution < -0.4 is 10.1 Å². The summed E-state index contributed by atoms with van der Waals surface area (Å²) in [5.41, 5.74) is 1.72. The molecule has 0 atom stereocenters. The van der Waals surface area contributed by atoms with Crippen LogP contribution in [0.15, 0.2) is 29.3 Å². The summed E-state index contributed by atoms with van der Waals surface area (Å²) < 4.78 is 37.5. The topological polar surface area (TPSA) is 150 Å². The summed E-state index contributed by atoms with van der Waals surface area (Å²) in [5, 5.41) is 2.77. The molecule has 0 saturated heterocycles. The number of hydrogen-bond donors (Lipinski definition) is 1. The number of thiophene rings is 1. The van der Waals surface area contributed by atoms with Crippen LogP contribution in [0.4, 0.5) is 5.00 Å². The van der Waals surface area contributed by atoms with Crippen molar-refractivity contribution in [2.75, 3.05) is 30.5 Å². The Morgan fingerprint density at radius 1 is 1.08 bits per heavy atom. The Morgan fingerprint density at radius 3 is 2.56 bits per heavy atom. The van der Waals surface area contributed by atoms with Crippen LogP contribution in [0.3, 0.4) is 0 Å². The summed E-state index contributed by atoms with van der Waals surface area (Å²) in [4.78, 5) is 54.9. The van der Waals surface area contributed by atoms with E-state index in [1.54, 1.807) is 31.2 Å². The van der Waals surface area contributed by atoms with Crippen LogP contribution >= 0.6 is 22.7 Å². The van der Waals surface area contributed by atoms with E-state index in [4.69, 9.17) is 9.47 Å². The van der Waals surface area contributed by atoms with E-state index >= 15 is 0 Å². The van der Waals surface area contributed by atoms with Crippen molar-refractivity contribution < 1.29 is 37.1 Å². The van der Waals surface area contributed by atoms with E-state index in [2.05, 4.69) is 10.3 Å². The molecule has 4 rings (SSSR count). The zero-order valence-electron chi connectivity index (χ0n) is 21.4. The van der Waals surface area contributed by atoms with Crippen molar-refractivity contribution in [1.82, 2.24) is 4.57 Å². The molecule has 14 heteroatoms. The molecule has 0 saturated carbocycles. The highest BCUT2D eigenvalue weighted by atomic mass is 32.2. The second kappa shape index (κ2) is 12.2. The van der Waals surface area contributed by atoms with Gasteiger partial charge in [0.15, 0.2) is 14.6 Å². The molecule has 3 aromatic rings. The minimum Gasteiger partial charge on any atom is -0.465 e. The van der Waals surface area contributed by atoms with Crippen LogP contribution in [0.25, 0.3) is 10.2 Å². The molecule has 1 aliphatic rings. The molecular formula is C25H27N3O8S3. The first-order valence-electron chi connectivity index (χ1n) is 12.2. The van der Waals surface area contributed by atoms with Gasteiger partial charge in [0.05, 0.1) is 29.5 Å². The summed E-state index contributed by atoms with van der Waals surface area (Å²) in [6.07, 6.45) is 3.30. The maximum absolute atomic E-state index is 12.7. The van der Waals surface area contributed by atoms with Gasteiger partial charge in [-0.05, 0) is 50.3 Å². The number of benzene rings is 1. The molecule has 0 bridgehead atoms. The minimum atomic E-state index is -4.20. The van der Waals surface area contributed by atoms with Crippen LogP contribution in [0, 0.1) is 0 Å². The van der Waals surface area contributed by atoms with Gasteiger partial charge >= 0.3 is 11.9 Å². The third-order valence-electron chi connectivity index (χ3n) is 5.91. The first-order valence-corrected chi connectivity index (χ1v) is 15.6. The molecule has 1 N–H and O–H groups in total. The number of fused-ring (bicyclic) bond motifs is 2. The number of esters is 2. The van der Waals surface area contributed by atoms with Crippen molar-refractivity contribution in [3.63, 3.8) is 0 Å². The highest BCUT2D eigenvalue weighted by Crippen LogP contribution is 2.38. The number of sulfone groups is 1. The SMILES string of the molecule is CCOC(=O)Cn1c(=NC(=O)CS(=O)(=O)CC(=O)Nc2sc3c(c2C(=O)OC)CCCC3)sc2ccccc21. The van der Waals surface area contributed by atoms with E-state index in [1.807, 2.05) is 0 Å². The number of anilines is 1. The summed E-state index contributed by atoms with van der Waals surface area (Å²) in [6, 6.07) is 7.09. The number of methoxy groups -OCH3 is 1. The lowest BCUT2D eigenvalue weighted by molar-refractivity contribution is -0.143. The Balaban J connectivity index is 1.51. The maximum atomic E-state index is 12.7. The molecule has 1 aliphatic carbocycles. The molecule has 2 amide bonds. The van der Waals surface area contributed by atoms with Crippen molar-refractivity contribution in [3.8, 4) is 0 Å². The lowest BCUT2D eigenvalue weighted by atomic mass is 9.95. The normalized spacial score (nSPS) is 13.6. The fraction of sp³-hybridized carbons (Fsp3) is 0.400. The van der Waals surface area contributed by atoms with Crippen molar-refractivity contribution in [1.29, 1.82) is 0 Å². The molecule has 2 aromatic heterocycles. The van der Waals surface area contributed by atoms with Gasteiger partial charge in [-0.15, -0.1) is 11.3 Å². The van der Waals surface area contributed by atoms with E-state index in [0.29, 0.717) is 11.9 Å². The van der Waals surface area contributed by atoms with Crippen LogP contribution in [-0.4, -0.2) is 62.0 Å². The van der Waals surface area contributed by atoms with E-state index in [1.165, 1.54) is 23.0 Å². The molecular weight excluding hydrogens is 566 g/mol. The molecule has 0 unspecified atom stereocenters. The van der Waals surface area contributed by atoms with Crippen LogP contribution in [0.5, 0.6) is 0 Å². The van der Waals surface area contributed by atoms with E-state index < -0.39 is 45.1 Å². The second-order valence-corrected chi connectivity index (χ2v) is 12.9. The Bertz CT molecular complexity index is 1610. The Morgan fingerprint density at radius 2 is 1.82 bits per heavy atom. The number of aromatic nitrogens is 1. The lowest BCUT2D eigenvalue weighted by Gasteiger charge is -2.11. The smallest absolute Gasteiger partial charge is 0.341 e. The minimum absolute atomic E-state index is 0.140. The fourth-order valence-electron chi connectivity index (χ4n) is 4.31. The molecule has 208 valence electrons. The van der Waals surface area contributed by atoms with Gasteiger partial charge in [-0.25, -0.2) is 13.2 Å². The van der Waals surface area contributed by atoms with Gasteiger partial charge in [-0.1, -0.05) is 23.5 Å². The lowest BCUT2D eigenvalue weighted by Crippen LogP contribution is -2.29. The number of amides is 2. The number of carbonyl (C=O) groups is 4. The van der Waals surface area contributed by atoms with Crippen molar-refractivity contribution in [3.05, 3.63) is 45.1 Å². The fourth-order valence-corrected chi connectivity index (χ4v) is 7.66. The highest BCUT2D eigenvalue weighted by molar-refractivity contribution is 7.92. The summed E-state index contributed by atoms with van der Waals surface area (Å²) in [7, 11) is -2.96. The molecule has 0 aliphatic heterocycles. The highest BCUT2D eigenvalue weighted by Gasteiger charge is 2.28. The van der Waals surface area contributed by atoms with Gasteiger partial charge in [0.1, 0.15) is 23.1 Å². The van der Waals surface area contributed by atoms with Crippen LogP contribution in [0.2, 0.25) is 0 Å². The number of para-hydroxylation sites is 1. The van der Waals surface area contributed by atoms with Crippen molar-refractivity contribution in [2.24, 2.45) is 4.99 Å². The Hall–Kier alpha value is -3.36. The first-order chi connectivity index (χ1) is 18.6. The van der Waals surface area contributed by atoms with Gasteiger partial charge in [-0.2, -0.15) is 4.99 Å². The van der Waals surface area contributed by atoms with Crippen molar-refractivity contribution >= 4 is 71.5 Å². The molecule has 2 heterocycles. The Kier molecular flexibility index (Phi) is 8.97. The third-order valence-corrected chi connectivity index (χ3v) is 9.56. The second-order valence-electron chi connectivity index (χ2n) is 8.74. The number of ether oxygens (including phenoxy) is 2. The number of thiazole rings is 1. The van der Waals surface area contributed by atoms with Crippen molar-refractivity contribution in [2.45, 2.75) is 39.2 Å². The molecule has 1 aromatic carbocycles. The zero-order valence-corrected chi connectivity index (χ0v) is 23.8. The number of nitrogens with zero attached hydrogens (tertiary/aromatic N) is 2. The first kappa shape index (κ1) is 28.6. The van der Waals surface area contributed by atoms with Crippen LogP contribution in [0.1, 0.15) is 40.6 Å². The largest absolute Gasteiger partial charge is 0.465 e. The maximum Gasteiger partial charge on any atom is 0.341 e. The molecule has 39 heavy (non-hydrogen) atoms. The summed E-state index contributed by atoms with van der Waals surface area (Å²) >= 11 is 2.36. The van der Waals surface area contributed by atoms with E-state index in [-0.39, 0.29) is 28.5 Å². The molecule has 0 spiro atoms. The van der Waals surface area contributed by atoms with E-state index in [0.717, 1.165) is 45.7 Å². The van der Waals surface area contributed by atoms with Crippen LogP contribution in [-0.2, 0) is 53.1 Å². The summed E-state index contributed by atoms with van der Waals surface area (Å²) in [5.74, 6) is -4.94. The summed E-state index contributed by atoms with van der Waals surface area (Å²) in [6.45, 7) is 1.65. The standard InChI is InChI=1S/C25H27N3O8S3/c1-3-36-21(31)12-28-16-9-5-7-11-18(16)38-25(28)27-20(30)14-39(33,34)13-19(29)26-23-22(24(32)35-2)15-8-4-6-10-17(15)37-23/h5,7,9,11H,3-4,6,8,10,12-14H2,1-2H3,(H,26,29). The molecule has 0 fully saturated rings. The third kappa shape index (κ3) is 6.81. The molecule has 0 radical (unpaired) electrons. The molecule has 11 nitrogen and oxygen atoms in total. The number of nitrogens with one attached hydrogen (secondary N) is 1. The predicted molar refractivity (Wildman–Crippen MR) is 147 cm³/mol. The zero-order chi connectivity index (χ0) is 28.2. The van der Waals surface area contributed by atoms with Gasteiger partial charge in [-0.3, -0.25) is 14.4 Å². The number of hydrogen-bond acceptors (Lipinski definition) is 10. The van der Waals surface area contributed by atoms with E-state index in [9.17, 15) is 27.6 Å². The predicted octanol–water partition coefficient (Wildman–Crippen LogP) is 2.47. The number of carbonyl (C=O) groups excluding carboxylic acids is 4.